The number of amides is 1. The van der Waals surface area contributed by atoms with Crippen LogP contribution in [0.5, 0.6) is 5.75 Å². The van der Waals surface area contributed by atoms with Crippen LogP contribution in [-0.4, -0.2) is 34.0 Å². The Kier molecular flexibility index (Phi) is 9.46. The van der Waals surface area contributed by atoms with Gasteiger partial charge in [0.25, 0.3) is 5.56 Å². The summed E-state index contributed by atoms with van der Waals surface area (Å²) in [5.74, 6) is 1.19. The number of unbranched alkanes of at least 4 members (excludes halogenated alkanes) is 1. The van der Waals surface area contributed by atoms with Gasteiger partial charge in [-0.25, -0.2) is 4.98 Å². The number of oxime groups is 1. The van der Waals surface area contributed by atoms with E-state index in [1.165, 1.54) is 7.11 Å². The lowest BCUT2D eigenvalue weighted by Crippen LogP contribution is -2.30. The van der Waals surface area contributed by atoms with E-state index in [1.807, 2.05) is 67.6 Å². The van der Waals surface area contributed by atoms with Crippen LogP contribution in [0.15, 0.2) is 82.7 Å². The number of phenols is 1. The highest BCUT2D eigenvalue weighted by Gasteiger charge is 2.16. The second-order valence-corrected chi connectivity index (χ2v) is 9.55. The molecule has 0 aliphatic carbocycles. The zero-order valence-corrected chi connectivity index (χ0v) is 23.1. The lowest BCUT2D eigenvalue weighted by molar-refractivity contribution is -0.108. The minimum absolute atomic E-state index is 0.0403. The molecule has 1 heterocycles. The van der Waals surface area contributed by atoms with Crippen molar-refractivity contribution in [2.75, 3.05) is 7.11 Å². The number of carbonyl (C=O) groups is 1. The molecule has 0 aliphatic heterocycles. The summed E-state index contributed by atoms with van der Waals surface area (Å²) in [5.41, 5.74) is 5.98. The van der Waals surface area contributed by atoms with Crippen LogP contribution in [0.1, 0.15) is 53.5 Å². The normalized spacial score (nSPS) is 11.3. The van der Waals surface area contributed by atoms with Crippen LogP contribution in [0.3, 0.4) is 0 Å². The van der Waals surface area contributed by atoms with Crippen molar-refractivity contribution < 1.29 is 14.7 Å². The number of hydrogen-bond donors (Lipinski definition) is 2. The van der Waals surface area contributed by atoms with Crippen LogP contribution in [0.25, 0.3) is 11.1 Å². The van der Waals surface area contributed by atoms with Gasteiger partial charge in [0.05, 0.1) is 12.2 Å². The first-order valence-electron chi connectivity index (χ1n) is 13.3. The van der Waals surface area contributed by atoms with Crippen molar-refractivity contribution in [2.24, 2.45) is 5.16 Å². The Hall–Kier alpha value is -4.72. The summed E-state index contributed by atoms with van der Waals surface area (Å²) in [6.07, 6.45) is 3.75. The number of nitrogens with one attached hydrogen (secondary N) is 1. The molecule has 206 valence electrons. The van der Waals surface area contributed by atoms with Gasteiger partial charge in [0.1, 0.15) is 18.7 Å². The number of phenolic OH excluding ortho intramolecular Hbond substituents is 1. The zero-order chi connectivity index (χ0) is 28.5. The smallest absolute Gasteiger partial charge is 0.257 e. The molecule has 0 bridgehead atoms. The Balaban J connectivity index is 1.68. The van der Waals surface area contributed by atoms with Crippen molar-refractivity contribution in [3.8, 4) is 16.9 Å². The summed E-state index contributed by atoms with van der Waals surface area (Å²) < 4.78 is 1.71. The van der Waals surface area contributed by atoms with Crippen molar-refractivity contribution in [2.45, 2.75) is 46.1 Å². The predicted octanol–water partition coefficient (Wildman–Crippen LogP) is 4.96. The average molecular weight is 539 g/mol. The second-order valence-electron chi connectivity index (χ2n) is 9.55. The maximum absolute atomic E-state index is 13.8. The SMILES string of the molecule is CCCCc1nc(C)n(Cc2ccc(O)cc2)c(=O)c1Cc1ccc(-c2ccccc2/C(=N/OC)NC=O)cc1. The molecule has 0 aliphatic rings. The highest BCUT2D eigenvalue weighted by atomic mass is 16.6. The monoisotopic (exact) mass is 538 g/mol. The maximum Gasteiger partial charge on any atom is 0.257 e. The summed E-state index contributed by atoms with van der Waals surface area (Å²) >= 11 is 0. The number of hydrogen-bond acceptors (Lipinski definition) is 6. The van der Waals surface area contributed by atoms with Crippen LogP contribution in [0.2, 0.25) is 0 Å². The maximum atomic E-state index is 13.8. The number of aryl methyl sites for hydroxylation is 2. The Morgan fingerprint density at radius 2 is 1.75 bits per heavy atom. The number of rotatable bonds is 11. The molecule has 3 aromatic carbocycles. The fourth-order valence-electron chi connectivity index (χ4n) is 4.70. The number of aromatic nitrogens is 2. The Bertz CT molecular complexity index is 1540. The number of aromatic hydroxyl groups is 1. The highest BCUT2D eigenvalue weighted by molar-refractivity contribution is 6.08. The number of nitrogens with zero attached hydrogens (tertiary/aromatic N) is 3. The largest absolute Gasteiger partial charge is 0.508 e. The van der Waals surface area contributed by atoms with Crippen LogP contribution in [0, 0.1) is 6.92 Å². The molecule has 0 fully saturated rings. The Morgan fingerprint density at radius 3 is 2.42 bits per heavy atom. The fraction of sp³-hybridized carbons (Fsp3) is 0.250. The number of amidine groups is 1. The van der Waals surface area contributed by atoms with Gasteiger partial charge in [-0.1, -0.05) is 79.2 Å². The van der Waals surface area contributed by atoms with Crippen molar-refractivity contribution in [3.63, 3.8) is 0 Å². The summed E-state index contributed by atoms with van der Waals surface area (Å²) in [5, 5.41) is 16.2. The minimum Gasteiger partial charge on any atom is -0.508 e. The van der Waals surface area contributed by atoms with E-state index >= 15 is 0 Å². The predicted molar refractivity (Wildman–Crippen MR) is 156 cm³/mol. The molecule has 0 saturated carbocycles. The van der Waals surface area contributed by atoms with E-state index in [4.69, 9.17) is 9.82 Å². The van der Waals surface area contributed by atoms with Crippen LogP contribution in [-0.2, 0) is 29.0 Å². The third kappa shape index (κ3) is 6.64. The van der Waals surface area contributed by atoms with Crippen molar-refractivity contribution in [3.05, 3.63) is 117 Å². The molecule has 40 heavy (non-hydrogen) atoms. The van der Waals surface area contributed by atoms with Gasteiger partial charge in [-0.15, -0.1) is 0 Å². The van der Waals surface area contributed by atoms with Gasteiger partial charge in [-0.05, 0) is 54.2 Å². The molecule has 0 atom stereocenters. The third-order valence-electron chi connectivity index (χ3n) is 6.79. The van der Waals surface area contributed by atoms with Gasteiger partial charge in [-0.3, -0.25) is 14.2 Å². The van der Waals surface area contributed by atoms with E-state index in [0.717, 1.165) is 52.8 Å². The van der Waals surface area contributed by atoms with E-state index in [9.17, 15) is 14.7 Å². The number of benzene rings is 3. The van der Waals surface area contributed by atoms with Crippen LogP contribution >= 0.6 is 0 Å². The summed E-state index contributed by atoms with van der Waals surface area (Å²) in [4.78, 5) is 34.7. The average Bonchev–Trinajstić information content (AvgIpc) is 2.97. The molecule has 0 spiro atoms. The first-order valence-corrected chi connectivity index (χ1v) is 13.3. The minimum atomic E-state index is -0.0403. The topological polar surface area (TPSA) is 106 Å². The second kappa shape index (κ2) is 13.4. The van der Waals surface area contributed by atoms with Crippen LogP contribution in [0.4, 0.5) is 0 Å². The van der Waals surface area contributed by atoms with E-state index in [0.29, 0.717) is 36.6 Å². The van der Waals surface area contributed by atoms with Gasteiger partial charge in [0.15, 0.2) is 5.84 Å². The van der Waals surface area contributed by atoms with E-state index < -0.39 is 0 Å². The fourth-order valence-corrected chi connectivity index (χ4v) is 4.70. The van der Waals surface area contributed by atoms with Crippen molar-refractivity contribution in [1.29, 1.82) is 0 Å². The molecular formula is C32H34N4O4. The molecule has 1 aromatic heterocycles. The third-order valence-corrected chi connectivity index (χ3v) is 6.79. The van der Waals surface area contributed by atoms with E-state index in [1.54, 1.807) is 16.7 Å². The molecule has 1 amide bonds. The first kappa shape index (κ1) is 28.3. The molecule has 8 heteroatoms. The van der Waals surface area contributed by atoms with Gasteiger partial charge in [0.2, 0.25) is 6.41 Å². The first-order chi connectivity index (χ1) is 19.4. The Morgan fingerprint density at radius 1 is 1.05 bits per heavy atom. The summed E-state index contributed by atoms with van der Waals surface area (Å²) in [6, 6.07) is 22.5. The summed E-state index contributed by atoms with van der Waals surface area (Å²) in [6.45, 7) is 4.38. The molecule has 4 aromatic rings. The number of carbonyl (C=O) groups excluding carboxylic acids is 1. The van der Waals surface area contributed by atoms with Gasteiger partial charge >= 0.3 is 0 Å². The van der Waals surface area contributed by atoms with E-state index in [2.05, 4.69) is 17.4 Å². The lowest BCUT2D eigenvalue weighted by Gasteiger charge is -2.16. The quantitative estimate of drug-likeness (QED) is 0.122. The summed E-state index contributed by atoms with van der Waals surface area (Å²) in [7, 11) is 1.43. The van der Waals surface area contributed by atoms with Crippen molar-refractivity contribution >= 4 is 12.2 Å². The van der Waals surface area contributed by atoms with E-state index in [-0.39, 0.29) is 11.3 Å². The molecule has 2 N–H and O–H groups in total. The Labute approximate surface area is 234 Å². The molecule has 8 nitrogen and oxygen atoms in total. The zero-order valence-electron chi connectivity index (χ0n) is 23.1. The molecular weight excluding hydrogens is 504 g/mol. The molecule has 4 rings (SSSR count). The van der Waals surface area contributed by atoms with Gasteiger partial charge in [-0.2, -0.15) is 0 Å². The lowest BCUT2D eigenvalue weighted by atomic mass is 9.96. The van der Waals surface area contributed by atoms with Crippen molar-refractivity contribution in [1.82, 2.24) is 14.9 Å². The van der Waals surface area contributed by atoms with Gasteiger partial charge < -0.3 is 15.3 Å². The molecule has 0 unspecified atom stereocenters. The van der Waals surface area contributed by atoms with Gasteiger partial charge in [0, 0.05) is 17.5 Å². The standard InChI is InChI=1S/C32H34N4O4/c1-4-5-10-30-29(32(39)36(22(2)34-30)20-24-13-17-26(38)18-14-24)19-23-11-15-25(16-12-23)27-8-6-7-9-28(27)31(33-21-37)35-40-3/h6-9,11-18,21,38H,4-5,10,19-20H2,1-3H3,(H,33,35,37). The molecule has 0 saturated heterocycles. The molecule has 0 radical (unpaired) electrons. The van der Waals surface area contributed by atoms with Crippen LogP contribution < -0.4 is 10.9 Å². The highest BCUT2D eigenvalue weighted by Crippen LogP contribution is 2.25.